The number of aliphatic hydroxyl groups excluding tert-OH is 1. The first kappa shape index (κ1) is 46.9. The van der Waals surface area contributed by atoms with Crippen molar-refractivity contribution in [1.82, 2.24) is 15.1 Å². The summed E-state index contributed by atoms with van der Waals surface area (Å²) in [6.45, 7) is 10.2. The Hall–Kier alpha value is -4.56. The molecule has 1 N–H and O–H groups in total. The number of hydrogen-bond donors (Lipinski definition) is 1. The van der Waals surface area contributed by atoms with Crippen molar-refractivity contribution >= 4 is 77.5 Å². The van der Waals surface area contributed by atoms with E-state index in [1.54, 1.807) is 29.7 Å². The maximum absolute atomic E-state index is 15.7. The summed E-state index contributed by atoms with van der Waals surface area (Å²) in [5.41, 5.74) is 2.49. The second-order valence-electron chi connectivity index (χ2n) is 16.8. The van der Waals surface area contributed by atoms with Gasteiger partial charge >= 0.3 is 11.9 Å². The van der Waals surface area contributed by atoms with Crippen molar-refractivity contribution in [3.8, 4) is 5.75 Å². The van der Waals surface area contributed by atoms with E-state index in [0.717, 1.165) is 21.5 Å². The van der Waals surface area contributed by atoms with Crippen LogP contribution in [0, 0.1) is 11.8 Å². The van der Waals surface area contributed by atoms with E-state index in [-0.39, 0.29) is 35.3 Å². The molecule has 1 aliphatic rings. The molecule has 5 aromatic rings. The lowest BCUT2D eigenvalue weighted by molar-refractivity contribution is -0.167. The van der Waals surface area contributed by atoms with Crippen LogP contribution in [0.1, 0.15) is 40.2 Å². The maximum atomic E-state index is 15.7. The van der Waals surface area contributed by atoms with Crippen LogP contribution in [-0.4, -0.2) is 89.5 Å². The number of aromatic nitrogens is 2. The normalized spacial score (nSPS) is 17.0. The fourth-order valence-electron chi connectivity index (χ4n) is 7.69. The molecule has 11 nitrogen and oxygen atoms in total. The number of β-lactam (4-membered cyclic amide) rings is 1. The van der Waals surface area contributed by atoms with E-state index in [2.05, 4.69) is 44.1 Å². The summed E-state index contributed by atoms with van der Waals surface area (Å²) < 4.78 is 25.1. The predicted molar refractivity (Wildman–Crippen MR) is 252 cm³/mol. The molecule has 0 radical (unpaired) electrons. The van der Waals surface area contributed by atoms with Crippen LogP contribution in [0.3, 0.4) is 0 Å². The first-order chi connectivity index (χ1) is 29.6. The Morgan fingerprint density at radius 2 is 1.44 bits per heavy atom. The highest BCUT2D eigenvalue weighted by Crippen LogP contribution is 2.51. The van der Waals surface area contributed by atoms with Crippen LogP contribution in [0.4, 0.5) is 0 Å². The average Bonchev–Trinajstić information content (AvgIpc) is 3.79. The van der Waals surface area contributed by atoms with Crippen molar-refractivity contribution in [1.29, 1.82) is 0 Å². The van der Waals surface area contributed by atoms with Crippen molar-refractivity contribution in [2.45, 2.75) is 81.9 Å². The Morgan fingerprint density at radius 3 is 1.90 bits per heavy atom. The summed E-state index contributed by atoms with van der Waals surface area (Å²) in [5.74, 6) is -2.48. The van der Waals surface area contributed by atoms with Crippen LogP contribution in [0.5, 0.6) is 5.75 Å². The molecule has 15 heteroatoms. The molecular formula is C47H56N3O8PS2Si. The van der Waals surface area contributed by atoms with Crippen molar-refractivity contribution in [3.63, 3.8) is 0 Å². The minimum Gasteiger partial charge on any atom is -0.497 e. The smallest absolute Gasteiger partial charge is 0.356 e. The van der Waals surface area contributed by atoms with Gasteiger partial charge in [0.25, 0.3) is 0 Å². The number of esters is 2. The van der Waals surface area contributed by atoms with E-state index in [4.69, 9.17) is 18.6 Å². The van der Waals surface area contributed by atoms with Crippen LogP contribution >= 0.6 is 30.0 Å². The van der Waals surface area contributed by atoms with Crippen LogP contribution in [0.2, 0.25) is 18.1 Å². The molecule has 0 bridgehead atoms. The summed E-state index contributed by atoms with van der Waals surface area (Å²) in [7, 11) is -0.896. The predicted octanol–water partition coefficient (Wildman–Crippen LogP) is 7.28. The first-order valence-electron chi connectivity index (χ1n) is 20.5. The highest BCUT2D eigenvalue weighted by Gasteiger charge is 2.60. The van der Waals surface area contributed by atoms with Gasteiger partial charge in [-0.2, -0.15) is 0 Å². The number of hydrogen-bond acceptors (Lipinski definition) is 12. The Labute approximate surface area is 374 Å². The van der Waals surface area contributed by atoms with E-state index in [9.17, 15) is 9.90 Å². The van der Waals surface area contributed by atoms with Gasteiger partial charge in [0.2, 0.25) is 5.91 Å². The van der Waals surface area contributed by atoms with Gasteiger partial charge < -0.3 is 28.6 Å². The number of thioether (sulfide) groups is 1. The largest absolute Gasteiger partial charge is 0.497 e. The number of benzene rings is 4. The third-order valence-electron chi connectivity index (χ3n) is 11.8. The highest BCUT2D eigenvalue weighted by molar-refractivity contribution is 8.01. The van der Waals surface area contributed by atoms with Gasteiger partial charge in [0.1, 0.15) is 23.3 Å². The lowest BCUT2D eigenvalue weighted by Crippen LogP contribution is -2.73. The molecule has 1 saturated heterocycles. The van der Waals surface area contributed by atoms with E-state index in [0.29, 0.717) is 10.1 Å². The molecule has 0 aliphatic carbocycles. The maximum Gasteiger partial charge on any atom is 0.356 e. The molecule has 1 aromatic heterocycles. The quantitative estimate of drug-likeness (QED) is 0.0312. The molecule has 6 rings (SSSR count). The van der Waals surface area contributed by atoms with E-state index in [1.165, 1.54) is 30.0 Å². The molecule has 0 saturated carbocycles. The zero-order chi connectivity index (χ0) is 44.7. The molecule has 0 spiro atoms. The second-order valence-corrected chi connectivity index (χ2v) is 27.0. The number of aliphatic hydroxyl groups is 1. The van der Waals surface area contributed by atoms with Gasteiger partial charge in [0.05, 0.1) is 37.9 Å². The summed E-state index contributed by atoms with van der Waals surface area (Å²) in [6, 6.07) is 35.7. The third kappa shape index (κ3) is 10.1. The number of likely N-dealkylation sites (tertiary alicyclic amines) is 1. The molecule has 4 aromatic carbocycles. The molecule has 1 aliphatic heterocycles. The van der Waals surface area contributed by atoms with E-state index in [1.807, 2.05) is 110 Å². The molecule has 62 heavy (non-hydrogen) atoms. The second kappa shape index (κ2) is 20.3. The zero-order valence-corrected chi connectivity index (χ0v) is 40.0. The minimum atomic E-state index is -3.35. The van der Waals surface area contributed by atoms with Crippen LogP contribution in [-0.2, 0) is 34.9 Å². The standard InChI is InChI=1S/C47H56N3O8PS2Si/c1-32(58-62(7,8)47(3,4)5)41-42(39(29-56-33(2)51)40(52)30-60-46-49-48-31-61-46)50(43(41)53)44(45(54)57-28-34-24-26-35(55-6)27-25-34)59(36-18-12-9-13-19-36,37-20-14-10-15-21-37)38-22-16-11-17-23-38/h9-27,31-32,39-42,52H,28-30H2,1-8H3/t32-,39+,40-,41-,42-/m1/s1. The number of rotatable bonds is 18. The van der Waals surface area contributed by atoms with Crippen molar-refractivity contribution in [2.24, 2.45) is 11.8 Å². The van der Waals surface area contributed by atoms with Gasteiger partial charge in [-0.15, -0.1) is 10.2 Å². The molecule has 2 heterocycles. The number of carbonyl (C=O) groups is 3. The number of amides is 1. The molecule has 328 valence electrons. The molecular weight excluding hydrogens is 858 g/mol. The van der Waals surface area contributed by atoms with Crippen molar-refractivity contribution < 1.29 is 38.1 Å². The van der Waals surface area contributed by atoms with Gasteiger partial charge in [0, 0.05) is 25.5 Å². The van der Waals surface area contributed by atoms with Gasteiger partial charge in [-0.3, -0.25) is 9.59 Å². The highest BCUT2D eigenvalue weighted by atomic mass is 32.2. The van der Waals surface area contributed by atoms with E-state index >= 15 is 9.59 Å². The van der Waals surface area contributed by atoms with Crippen LogP contribution in [0.25, 0.3) is 0 Å². The number of nitrogens with zero attached hydrogens (tertiary/aromatic N) is 3. The molecule has 1 fully saturated rings. The molecule has 5 atom stereocenters. The van der Waals surface area contributed by atoms with Crippen molar-refractivity contribution in [3.05, 3.63) is 126 Å². The van der Waals surface area contributed by atoms with Gasteiger partial charge in [-0.1, -0.05) is 147 Å². The molecule has 1 amide bonds. The van der Waals surface area contributed by atoms with Crippen molar-refractivity contribution in [2.75, 3.05) is 19.5 Å². The Balaban J connectivity index is 1.66. The first-order valence-corrected chi connectivity index (χ1v) is 27.1. The van der Waals surface area contributed by atoms with Gasteiger partial charge in [-0.05, 0) is 58.7 Å². The van der Waals surface area contributed by atoms with E-state index < -0.39 is 57.2 Å². The fraction of sp³-hybridized carbons (Fsp3) is 0.362. The summed E-state index contributed by atoms with van der Waals surface area (Å²) in [6.07, 6.45) is -1.78. The topological polar surface area (TPSA) is 137 Å². The lowest BCUT2D eigenvalue weighted by atomic mass is 9.74. The third-order valence-corrected chi connectivity index (χ3v) is 22.6. The minimum absolute atomic E-state index is 0.0936. The monoisotopic (exact) mass is 913 g/mol. The number of methoxy groups -OCH3 is 1. The lowest BCUT2D eigenvalue weighted by Gasteiger charge is -2.55. The average molecular weight is 914 g/mol. The van der Waals surface area contributed by atoms with Gasteiger partial charge in [-0.25, -0.2) is 4.79 Å². The summed E-state index contributed by atoms with van der Waals surface area (Å²) in [5, 5.41) is 22.7. The van der Waals surface area contributed by atoms with Gasteiger partial charge in [0.15, 0.2) is 12.7 Å². The number of ether oxygens (including phenoxy) is 3. The Bertz CT molecular complexity index is 2230. The summed E-state index contributed by atoms with van der Waals surface area (Å²) in [4.78, 5) is 45.5. The van der Waals surface area contributed by atoms with Crippen LogP contribution < -0.4 is 20.7 Å². The Morgan fingerprint density at radius 1 is 0.887 bits per heavy atom. The number of carbonyl (C=O) groups excluding carboxylic acids is 3. The fourth-order valence-corrected chi connectivity index (χ4v) is 15.0. The Kier molecular flexibility index (Phi) is 15.4. The SMILES string of the molecule is COc1ccc(COC(=O)C(N2C(=O)[C@H]([C@@H](C)O[Si](C)(C)C(C)(C)C)[C@H]2[C@@H](COC(C)=O)[C@H](O)CSc2nncs2)=P(c2ccccc2)(c2ccccc2)c2ccccc2)cc1. The zero-order valence-electron chi connectivity index (χ0n) is 36.5. The van der Waals surface area contributed by atoms with Crippen LogP contribution in [0.15, 0.2) is 125 Å². The molecule has 0 unspecified atom stereocenters. The summed E-state index contributed by atoms with van der Waals surface area (Å²) >= 11 is 2.67.